The fraction of sp³-hybridized carbons (Fsp3) is 0.357. The molecule has 2 unspecified atom stereocenters. The lowest BCUT2D eigenvalue weighted by atomic mass is 9.76. The summed E-state index contributed by atoms with van der Waals surface area (Å²) in [6.45, 7) is 2.02. The Labute approximate surface area is 191 Å². The molecule has 3 aromatic rings. The molecular weight excluding hydrogens is 398 g/mol. The number of fused-ring (bicyclic) bond motifs is 1. The second-order valence-corrected chi connectivity index (χ2v) is 8.37. The Hall–Kier alpha value is -2.82. The van der Waals surface area contributed by atoms with Gasteiger partial charge in [0, 0.05) is 25.6 Å². The molecule has 0 spiro atoms. The quantitative estimate of drug-likeness (QED) is 0.451. The van der Waals surface area contributed by atoms with Crippen LogP contribution in [0.15, 0.2) is 72.8 Å². The summed E-state index contributed by atoms with van der Waals surface area (Å²) in [5, 5.41) is 3.86. The molecule has 4 nitrogen and oxygen atoms in total. The van der Waals surface area contributed by atoms with Crippen LogP contribution in [0.3, 0.4) is 0 Å². The molecule has 1 aliphatic carbocycles. The fourth-order valence-electron chi connectivity index (χ4n) is 4.58. The lowest BCUT2D eigenvalue weighted by Gasteiger charge is -2.35. The molecule has 1 N–H and O–H groups in total. The number of benzene rings is 3. The minimum atomic E-state index is 0.425. The van der Waals surface area contributed by atoms with Gasteiger partial charge in [0.05, 0.1) is 13.7 Å². The summed E-state index contributed by atoms with van der Waals surface area (Å²) >= 11 is 0. The average Bonchev–Trinajstić information content (AvgIpc) is 2.85. The summed E-state index contributed by atoms with van der Waals surface area (Å²) in [6, 6.07) is 26.2. The highest BCUT2D eigenvalue weighted by Crippen LogP contribution is 2.36. The number of aryl methyl sites for hydroxylation is 1. The van der Waals surface area contributed by atoms with E-state index in [1.165, 1.54) is 22.3 Å². The third-order valence-electron chi connectivity index (χ3n) is 6.31. The normalized spacial score (nSPS) is 17.6. The van der Waals surface area contributed by atoms with Crippen LogP contribution < -0.4 is 14.8 Å². The van der Waals surface area contributed by atoms with Crippen molar-refractivity contribution in [2.24, 2.45) is 0 Å². The van der Waals surface area contributed by atoms with Gasteiger partial charge < -0.3 is 19.5 Å². The minimum Gasteiger partial charge on any atom is -0.497 e. The van der Waals surface area contributed by atoms with E-state index >= 15 is 0 Å². The van der Waals surface area contributed by atoms with Crippen molar-refractivity contribution in [3.8, 4) is 11.5 Å². The molecule has 4 rings (SSSR count). The molecule has 32 heavy (non-hydrogen) atoms. The number of hydrogen-bond donors (Lipinski definition) is 1. The molecule has 4 heteroatoms. The van der Waals surface area contributed by atoms with Gasteiger partial charge in [-0.25, -0.2) is 0 Å². The number of methoxy groups -OCH3 is 2. The SMILES string of the molecule is COCCOc1ccc(CNC2CCc3cc(OC)ccc3C2Cc2ccccc2)cc1. The minimum absolute atomic E-state index is 0.425. The average molecular weight is 432 g/mol. The van der Waals surface area contributed by atoms with Crippen LogP contribution in [0.1, 0.15) is 34.6 Å². The maximum Gasteiger partial charge on any atom is 0.119 e. The van der Waals surface area contributed by atoms with Crippen LogP contribution in [-0.4, -0.2) is 33.5 Å². The van der Waals surface area contributed by atoms with Gasteiger partial charge in [-0.3, -0.25) is 0 Å². The number of rotatable bonds is 10. The van der Waals surface area contributed by atoms with E-state index < -0.39 is 0 Å². The van der Waals surface area contributed by atoms with Crippen LogP contribution in [0.2, 0.25) is 0 Å². The lowest BCUT2D eigenvalue weighted by Crippen LogP contribution is -2.39. The molecule has 0 bridgehead atoms. The van der Waals surface area contributed by atoms with Crippen LogP contribution in [0.4, 0.5) is 0 Å². The first-order chi connectivity index (χ1) is 15.8. The zero-order valence-corrected chi connectivity index (χ0v) is 19.1. The lowest BCUT2D eigenvalue weighted by molar-refractivity contribution is 0.146. The zero-order valence-electron chi connectivity index (χ0n) is 19.1. The molecule has 168 valence electrons. The van der Waals surface area contributed by atoms with E-state index in [0.29, 0.717) is 25.2 Å². The predicted octanol–water partition coefficient (Wildman–Crippen LogP) is 5.15. The van der Waals surface area contributed by atoms with Crippen molar-refractivity contribution >= 4 is 0 Å². The van der Waals surface area contributed by atoms with Crippen LogP contribution in [0.5, 0.6) is 11.5 Å². The van der Waals surface area contributed by atoms with Gasteiger partial charge in [-0.15, -0.1) is 0 Å². The van der Waals surface area contributed by atoms with Gasteiger partial charge in [-0.2, -0.15) is 0 Å². The van der Waals surface area contributed by atoms with E-state index in [2.05, 4.69) is 66.0 Å². The summed E-state index contributed by atoms with van der Waals surface area (Å²) in [6.07, 6.45) is 3.22. The Kier molecular flexibility index (Phi) is 7.81. The number of nitrogens with one attached hydrogen (secondary N) is 1. The van der Waals surface area contributed by atoms with Crippen LogP contribution in [0.25, 0.3) is 0 Å². The molecule has 0 fully saturated rings. The molecule has 0 aromatic heterocycles. The summed E-state index contributed by atoms with van der Waals surface area (Å²) in [5.41, 5.74) is 5.51. The first kappa shape index (κ1) is 22.4. The molecule has 3 aromatic carbocycles. The maximum absolute atomic E-state index is 5.68. The van der Waals surface area contributed by atoms with Gasteiger partial charge in [0.15, 0.2) is 0 Å². The van der Waals surface area contributed by atoms with E-state index in [1.807, 2.05) is 12.1 Å². The molecular formula is C28H33NO3. The molecule has 1 aliphatic rings. The van der Waals surface area contributed by atoms with Crippen molar-refractivity contribution in [1.29, 1.82) is 0 Å². The van der Waals surface area contributed by atoms with E-state index in [9.17, 15) is 0 Å². The van der Waals surface area contributed by atoms with E-state index in [4.69, 9.17) is 14.2 Å². The summed E-state index contributed by atoms with van der Waals surface area (Å²) < 4.78 is 16.2. The summed E-state index contributed by atoms with van der Waals surface area (Å²) in [4.78, 5) is 0. The highest BCUT2D eigenvalue weighted by atomic mass is 16.5. The van der Waals surface area contributed by atoms with Gasteiger partial charge >= 0.3 is 0 Å². The van der Waals surface area contributed by atoms with Crippen LogP contribution >= 0.6 is 0 Å². The Bertz CT molecular complexity index is 972. The van der Waals surface area contributed by atoms with Gasteiger partial charge in [-0.1, -0.05) is 48.5 Å². The first-order valence-electron chi connectivity index (χ1n) is 11.4. The van der Waals surface area contributed by atoms with Gasteiger partial charge in [0.2, 0.25) is 0 Å². The van der Waals surface area contributed by atoms with Gasteiger partial charge in [0.25, 0.3) is 0 Å². The fourth-order valence-corrected chi connectivity index (χ4v) is 4.58. The largest absolute Gasteiger partial charge is 0.497 e. The topological polar surface area (TPSA) is 39.7 Å². The van der Waals surface area contributed by atoms with Crippen LogP contribution in [0, 0.1) is 0 Å². The van der Waals surface area contributed by atoms with Crippen molar-refractivity contribution in [3.05, 3.63) is 95.1 Å². The Morgan fingerprint density at radius 3 is 2.38 bits per heavy atom. The molecule has 0 heterocycles. The second kappa shape index (κ2) is 11.2. The van der Waals surface area contributed by atoms with Crippen molar-refractivity contribution < 1.29 is 14.2 Å². The molecule has 0 amide bonds. The molecule has 2 atom stereocenters. The summed E-state index contributed by atoms with van der Waals surface area (Å²) in [5.74, 6) is 2.26. The van der Waals surface area contributed by atoms with Gasteiger partial charge in [-0.05, 0) is 65.8 Å². The Morgan fingerprint density at radius 1 is 0.844 bits per heavy atom. The predicted molar refractivity (Wildman–Crippen MR) is 129 cm³/mol. The molecule has 0 radical (unpaired) electrons. The van der Waals surface area contributed by atoms with E-state index in [-0.39, 0.29) is 0 Å². The highest BCUT2D eigenvalue weighted by Gasteiger charge is 2.29. The smallest absolute Gasteiger partial charge is 0.119 e. The number of ether oxygens (including phenoxy) is 3. The molecule has 0 saturated heterocycles. The van der Waals surface area contributed by atoms with Crippen molar-refractivity contribution in [1.82, 2.24) is 5.32 Å². The monoisotopic (exact) mass is 431 g/mol. The van der Waals surface area contributed by atoms with Crippen molar-refractivity contribution in [2.75, 3.05) is 27.4 Å². The Balaban J connectivity index is 1.46. The Morgan fingerprint density at radius 2 is 1.62 bits per heavy atom. The third-order valence-corrected chi connectivity index (χ3v) is 6.31. The second-order valence-electron chi connectivity index (χ2n) is 8.37. The zero-order chi connectivity index (χ0) is 22.2. The van der Waals surface area contributed by atoms with E-state index in [1.54, 1.807) is 14.2 Å². The third kappa shape index (κ3) is 5.70. The standard InChI is InChI=1S/C28H33NO3/c1-30-16-17-32-24-11-8-22(9-12-24)20-29-28-15-10-23-19-25(31-2)13-14-26(23)27(28)18-21-6-4-3-5-7-21/h3-9,11-14,19,27-29H,10,15-18,20H2,1-2H3. The molecule has 0 saturated carbocycles. The number of hydrogen-bond acceptors (Lipinski definition) is 4. The highest BCUT2D eigenvalue weighted by molar-refractivity contribution is 5.41. The first-order valence-corrected chi connectivity index (χ1v) is 11.4. The summed E-state index contributed by atoms with van der Waals surface area (Å²) in [7, 11) is 3.42. The van der Waals surface area contributed by atoms with Crippen molar-refractivity contribution in [3.63, 3.8) is 0 Å². The van der Waals surface area contributed by atoms with Crippen molar-refractivity contribution in [2.45, 2.75) is 37.8 Å². The maximum atomic E-state index is 5.68. The van der Waals surface area contributed by atoms with Gasteiger partial charge in [0.1, 0.15) is 18.1 Å². The van der Waals surface area contributed by atoms with Crippen LogP contribution in [-0.2, 0) is 24.1 Å². The van der Waals surface area contributed by atoms with E-state index in [0.717, 1.165) is 37.3 Å². The molecule has 0 aliphatic heterocycles.